The summed E-state index contributed by atoms with van der Waals surface area (Å²) in [7, 11) is 1.66. The molecule has 1 heterocycles. The monoisotopic (exact) mass is 232 g/mol. The van der Waals surface area contributed by atoms with E-state index in [1.807, 2.05) is 24.3 Å². The number of nitrogens with two attached hydrogens (primary N) is 1. The number of para-hydroxylation sites is 1. The van der Waals surface area contributed by atoms with Gasteiger partial charge in [-0.15, -0.1) is 0 Å². The van der Waals surface area contributed by atoms with Crippen molar-refractivity contribution in [2.75, 3.05) is 13.7 Å². The van der Waals surface area contributed by atoms with Crippen molar-refractivity contribution in [2.24, 2.45) is 5.73 Å². The van der Waals surface area contributed by atoms with Gasteiger partial charge in [-0.05, 0) is 12.6 Å². The Balaban J connectivity index is 2.13. The Morgan fingerprint density at radius 2 is 2.18 bits per heavy atom. The lowest BCUT2D eigenvalue weighted by atomic mass is 10.1. The smallest absolute Gasteiger partial charge is 0.198 e. The van der Waals surface area contributed by atoms with E-state index < -0.39 is 0 Å². The third kappa shape index (κ3) is 2.85. The molecule has 0 spiro atoms. The number of rotatable bonds is 5. The quantitative estimate of drug-likeness (QED) is 0.853. The van der Waals surface area contributed by atoms with Gasteiger partial charge in [-0.25, -0.2) is 4.98 Å². The molecule has 0 amide bonds. The van der Waals surface area contributed by atoms with E-state index in [9.17, 15) is 0 Å². The molecule has 0 bridgehead atoms. The van der Waals surface area contributed by atoms with Gasteiger partial charge >= 0.3 is 0 Å². The van der Waals surface area contributed by atoms with E-state index in [2.05, 4.69) is 4.98 Å². The molecule has 4 heteroatoms. The summed E-state index contributed by atoms with van der Waals surface area (Å²) in [4.78, 5) is 4.37. The van der Waals surface area contributed by atoms with Gasteiger partial charge in [0.25, 0.3) is 0 Å². The number of hydrogen-bond acceptors (Lipinski definition) is 4. The fourth-order valence-electron chi connectivity index (χ4n) is 1.70. The van der Waals surface area contributed by atoms with Gasteiger partial charge in [-0.2, -0.15) is 0 Å². The van der Waals surface area contributed by atoms with E-state index in [1.54, 1.807) is 13.4 Å². The summed E-state index contributed by atoms with van der Waals surface area (Å²) in [6.07, 6.45) is 3.04. The van der Waals surface area contributed by atoms with Crippen molar-refractivity contribution in [3.8, 4) is 5.75 Å². The Morgan fingerprint density at radius 1 is 1.35 bits per heavy atom. The molecule has 0 unspecified atom stereocenters. The highest BCUT2D eigenvalue weighted by molar-refractivity contribution is 5.34. The van der Waals surface area contributed by atoms with E-state index in [0.29, 0.717) is 18.9 Å². The van der Waals surface area contributed by atoms with E-state index >= 15 is 0 Å². The van der Waals surface area contributed by atoms with E-state index in [4.69, 9.17) is 14.9 Å². The van der Waals surface area contributed by atoms with Crippen LogP contribution in [-0.4, -0.2) is 18.6 Å². The molecule has 2 rings (SSSR count). The third-order valence-corrected chi connectivity index (χ3v) is 2.53. The molecule has 0 aliphatic carbocycles. The molecule has 90 valence electrons. The Morgan fingerprint density at radius 3 is 2.94 bits per heavy atom. The van der Waals surface area contributed by atoms with Crippen LogP contribution in [-0.2, 0) is 12.8 Å². The van der Waals surface area contributed by atoms with Gasteiger partial charge in [-0.1, -0.05) is 18.2 Å². The first-order valence-electron chi connectivity index (χ1n) is 5.58. The second-order valence-electron chi connectivity index (χ2n) is 3.76. The van der Waals surface area contributed by atoms with Crippen LogP contribution in [0.2, 0.25) is 0 Å². The average molecular weight is 232 g/mol. The van der Waals surface area contributed by atoms with Crippen molar-refractivity contribution in [1.29, 1.82) is 0 Å². The van der Waals surface area contributed by atoms with Crippen LogP contribution in [0.15, 0.2) is 34.9 Å². The number of methoxy groups -OCH3 is 1. The Kier molecular flexibility index (Phi) is 3.77. The molecular formula is C13H16N2O2. The molecule has 17 heavy (non-hydrogen) atoms. The fraction of sp³-hybridized carbons (Fsp3) is 0.308. The van der Waals surface area contributed by atoms with Crippen LogP contribution in [0.3, 0.4) is 0 Å². The van der Waals surface area contributed by atoms with Crippen molar-refractivity contribution in [1.82, 2.24) is 4.98 Å². The maximum absolute atomic E-state index is 5.47. The van der Waals surface area contributed by atoms with Crippen molar-refractivity contribution in [3.63, 3.8) is 0 Å². The number of oxazole rings is 1. The number of nitrogens with zero attached hydrogens (tertiary/aromatic N) is 1. The predicted molar refractivity (Wildman–Crippen MR) is 65.1 cm³/mol. The number of ether oxygens (including phenoxy) is 1. The third-order valence-electron chi connectivity index (χ3n) is 2.53. The zero-order valence-electron chi connectivity index (χ0n) is 9.85. The maximum atomic E-state index is 5.47. The lowest BCUT2D eigenvalue weighted by Gasteiger charge is -2.05. The summed E-state index contributed by atoms with van der Waals surface area (Å²) in [6, 6.07) is 7.85. The second-order valence-corrected chi connectivity index (χ2v) is 3.76. The molecule has 1 aromatic carbocycles. The normalized spacial score (nSPS) is 10.5. The molecule has 4 nitrogen and oxygen atoms in total. The average Bonchev–Trinajstić information content (AvgIpc) is 2.78. The summed E-state index contributed by atoms with van der Waals surface area (Å²) >= 11 is 0. The number of hydrogen-bond donors (Lipinski definition) is 1. The van der Waals surface area contributed by atoms with Crippen LogP contribution >= 0.6 is 0 Å². The van der Waals surface area contributed by atoms with E-state index in [0.717, 1.165) is 23.4 Å². The summed E-state index contributed by atoms with van der Waals surface area (Å²) in [5, 5.41) is 0. The van der Waals surface area contributed by atoms with Crippen molar-refractivity contribution < 1.29 is 9.15 Å². The maximum Gasteiger partial charge on any atom is 0.198 e. The first-order chi connectivity index (χ1) is 8.33. The molecule has 2 N–H and O–H groups in total. The lowest BCUT2D eigenvalue weighted by molar-refractivity contribution is 0.408. The van der Waals surface area contributed by atoms with Gasteiger partial charge < -0.3 is 14.9 Å². The van der Waals surface area contributed by atoms with Crippen molar-refractivity contribution in [3.05, 3.63) is 47.7 Å². The minimum Gasteiger partial charge on any atom is -0.496 e. The zero-order valence-corrected chi connectivity index (χ0v) is 9.85. The topological polar surface area (TPSA) is 61.3 Å². The highest BCUT2D eigenvalue weighted by Gasteiger charge is 2.08. The van der Waals surface area contributed by atoms with Crippen LogP contribution in [0, 0.1) is 0 Å². The molecule has 0 atom stereocenters. The Bertz CT molecular complexity index is 480. The molecule has 0 fully saturated rings. The molecule has 0 aliphatic heterocycles. The van der Waals surface area contributed by atoms with Gasteiger partial charge in [0, 0.05) is 12.0 Å². The minimum atomic E-state index is 0.584. The number of benzene rings is 1. The first kappa shape index (κ1) is 11.7. The summed E-state index contributed by atoms with van der Waals surface area (Å²) in [6.45, 7) is 0.584. The van der Waals surface area contributed by atoms with Crippen LogP contribution in [0.4, 0.5) is 0 Å². The zero-order chi connectivity index (χ0) is 12.1. The number of aromatic nitrogens is 1. The second kappa shape index (κ2) is 5.50. The van der Waals surface area contributed by atoms with Crippen molar-refractivity contribution in [2.45, 2.75) is 12.8 Å². The van der Waals surface area contributed by atoms with Gasteiger partial charge in [0.2, 0.25) is 0 Å². The fourth-order valence-corrected chi connectivity index (χ4v) is 1.70. The van der Waals surface area contributed by atoms with Gasteiger partial charge in [0.1, 0.15) is 12.0 Å². The molecule has 0 saturated carbocycles. The summed E-state index contributed by atoms with van der Waals surface area (Å²) < 4.78 is 10.7. The summed E-state index contributed by atoms with van der Waals surface area (Å²) in [5.41, 5.74) is 7.43. The highest BCUT2D eigenvalue weighted by atomic mass is 16.5. The Hall–Kier alpha value is -1.81. The standard InChI is InChI=1S/C13H16N2O2/c1-16-12-5-3-2-4-10(12)8-13-15-11(6-7-14)9-17-13/h2-5,9H,6-8,14H2,1H3. The van der Waals surface area contributed by atoms with Crippen LogP contribution in [0.1, 0.15) is 17.1 Å². The van der Waals surface area contributed by atoms with Crippen LogP contribution in [0.25, 0.3) is 0 Å². The predicted octanol–water partition coefficient (Wildman–Crippen LogP) is 1.78. The SMILES string of the molecule is COc1ccccc1Cc1nc(CCN)co1. The van der Waals surface area contributed by atoms with Gasteiger partial charge in [0.05, 0.1) is 19.2 Å². The van der Waals surface area contributed by atoms with Crippen LogP contribution in [0.5, 0.6) is 5.75 Å². The molecule has 0 radical (unpaired) electrons. The van der Waals surface area contributed by atoms with Gasteiger partial charge in [-0.3, -0.25) is 0 Å². The molecule has 0 aliphatic rings. The van der Waals surface area contributed by atoms with E-state index in [-0.39, 0.29) is 0 Å². The molecular weight excluding hydrogens is 216 g/mol. The highest BCUT2D eigenvalue weighted by Crippen LogP contribution is 2.20. The largest absolute Gasteiger partial charge is 0.496 e. The van der Waals surface area contributed by atoms with Crippen LogP contribution < -0.4 is 10.5 Å². The Labute approximate surface area is 100 Å². The lowest BCUT2D eigenvalue weighted by Crippen LogP contribution is -2.03. The van der Waals surface area contributed by atoms with Crippen molar-refractivity contribution >= 4 is 0 Å². The van der Waals surface area contributed by atoms with Gasteiger partial charge in [0.15, 0.2) is 5.89 Å². The minimum absolute atomic E-state index is 0.584. The molecule has 1 aromatic heterocycles. The van der Waals surface area contributed by atoms with E-state index in [1.165, 1.54) is 0 Å². The molecule has 2 aromatic rings. The summed E-state index contributed by atoms with van der Waals surface area (Å²) in [5.74, 6) is 1.55. The first-order valence-corrected chi connectivity index (χ1v) is 5.58. The molecule has 0 saturated heterocycles.